The fraction of sp³-hybridized carbons (Fsp3) is 0.320. The Morgan fingerprint density at radius 3 is 2.62 bits per heavy atom. The minimum Gasteiger partial charge on any atom is -0.482 e. The van der Waals surface area contributed by atoms with Gasteiger partial charge in [0, 0.05) is 12.1 Å². The summed E-state index contributed by atoms with van der Waals surface area (Å²) in [5.74, 6) is 0.174. The van der Waals surface area contributed by atoms with Gasteiger partial charge < -0.3 is 15.2 Å². The van der Waals surface area contributed by atoms with Crippen LogP contribution in [-0.4, -0.2) is 23.7 Å². The van der Waals surface area contributed by atoms with Gasteiger partial charge in [-0.15, -0.1) is 0 Å². The molecule has 0 amide bonds. The maximum absolute atomic E-state index is 10.6. The van der Waals surface area contributed by atoms with Crippen molar-refractivity contribution in [1.29, 1.82) is 0 Å². The summed E-state index contributed by atoms with van der Waals surface area (Å²) in [6.45, 7) is 1.95. The van der Waals surface area contributed by atoms with Gasteiger partial charge in [0.15, 0.2) is 6.61 Å². The van der Waals surface area contributed by atoms with Crippen LogP contribution in [0.25, 0.3) is 10.8 Å². The summed E-state index contributed by atoms with van der Waals surface area (Å²) in [5.41, 5.74) is 2.65. The zero-order valence-corrected chi connectivity index (χ0v) is 16.7. The normalized spacial score (nSPS) is 19.9. The number of carbonyl (C=O) groups is 1. The van der Waals surface area contributed by atoms with E-state index in [0.717, 1.165) is 19.3 Å². The molecule has 2 N–H and O–H groups in total. The largest absolute Gasteiger partial charge is 0.482 e. The lowest BCUT2D eigenvalue weighted by Gasteiger charge is -2.21. The summed E-state index contributed by atoms with van der Waals surface area (Å²) in [7, 11) is 0. The molecular formula is C25H27NO3. The Hall–Kier alpha value is -2.85. The van der Waals surface area contributed by atoms with Crippen molar-refractivity contribution in [3.63, 3.8) is 0 Å². The Bertz CT molecular complexity index is 978. The minimum atomic E-state index is -0.959. The zero-order chi connectivity index (χ0) is 20.2. The van der Waals surface area contributed by atoms with E-state index in [2.05, 4.69) is 66.8 Å². The first-order valence-corrected chi connectivity index (χ1v) is 10.3. The Kier molecular flexibility index (Phi) is 5.81. The summed E-state index contributed by atoms with van der Waals surface area (Å²) in [4.78, 5) is 10.6. The van der Waals surface area contributed by atoms with Gasteiger partial charge in [0.2, 0.25) is 0 Å². The van der Waals surface area contributed by atoms with Crippen molar-refractivity contribution in [3.05, 3.63) is 77.9 Å². The SMILES string of the molecule is C[C@@H](N[C@H]1CC[C@H](c2ccc(OCC(=O)O)cc2)C1)c1cccc2ccccc12. The third kappa shape index (κ3) is 4.60. The van der Waals surface area contributed by atoms with Gasteiger partial charge in [0.25, 0.3) is 0 Å². The molecule has 0 radical (unpaired) electrons. The van der Waals surface area contributed by atoms with E-state index in [1.54, 1.807) is 0 Å². The van der Waals surface area contributed by atoms with Crippen LogP contribution in [0.15, 0.2) is 66.7 Å². The Balaban J connectivity index is 1.38. The Labute approximate surface area is 171 Å². The molecule has 0 spiro atoms. The zero-order valence-electron chi connectivity index (χ0n) is 16.7. The van der Waals surface area contributed by atoms with Crippen LogP contribution in [0.5, 0.6) is 5.75 Å². The van der Waals surface area contributed by atoms with E-state index >= 15 is 0 Å². The van der Waals surface area contributed by atoms with E-state index in [1.807, 2.05) is 12.1 Å². The third-order valence-corrected chi connectivity index (χ3v) is 5.92. The van der Waals surface area contributed by atoms with Crippen molar-refractivity contribution < 1.29 is 14.6 Å². The van der Waals surface area contributed by atoms with Gasteiger partial charge in [0.1, 0.15) is 5.75 Å². The molecular weight excluding hydrogens is 362 g/mol. The molecule has 0 unspecified atom stereocenters. The van der Waals surface area contributed by atoms with Crippen LogP contribution >= 0.6 is 0 Å². The highest BCUT2D eigenvalue weighted by Gasteiger charge is 2.27. The molecule has 0 heterocycles. The highest BCUT2D eigenvalue weighted by Crippen LogP contribution is 2.36. The quantitative estimate of drug-likeness (QED) is 0.576. The van der Waals surface area contributed by atoms with E-state index in [4.69, 9.17) is 9.84 Å². The Morgan fingerprint density at radius 1 is 1.07 bits per heavy atom. The molecule has 3 atom stereocenters. The average molecular weight is 389 g/mol. The molecule has 3 aromatic carbocycles. The summed E-state index contributed by atoms with van der Waals surface area (Å²) in [6, 6.07) is 23.8. The molecule has 150 valence electrons. The van der Waals surface area contributed by atoms with Crippen molar-refractivity contribution in [1.82, 2.24) is 5.32 Å². The molecule has 29 heavy (non-hydrogen) atoms. The monoisotopic (exact) mass is 389 g/mol. The van der Waals surface area contributed by atoms with Gasteiger partial charge >= 0.3 is 5.97 Å². The minimum absolute atomic E-state index is 0.302. The second-order valence-electron chi connectivity index (χ2n) is 7.92. The highest BCUT2D eigenvalue weighted by molar-refractivity contribution is 5.86. The van der Waals surface area contributed by atoms with Gasteiger partial charge in [-0.2, -0.15) is 0 Å². The van der Waals surface area contributed by atoms with E-state index in [1.165, 1.54) is 21.9 Å². The lowest BCUT2D eigenvalue weighted by molar-refractivity contribution is -0.139. The second kappa shape index (κ2) is 8.66. The molecule has 3 aromatic rings. The van der Waals surface area contributed by atoms with Crippen LogP contribution in [0.2, 0.25) is 0 Å². The van der Waals surface area contributed by atoms with Crippen molar-refractivity contribution >= 4 is 16.7 Å². The maximum Gasteiger partial charge on any atom is 0.341 e. The molecule has 1 fully saturated rings. The summed E-state index contributed by atoms with van der Waals surface area (Å²) >= 11 is 0. The summed E-state index contributed by atoms with van der Waals surface area (Å²) < 4.78 is 5.23. The molecule has 4 heteroatoms. The molecule has 1 saturated carbocycles. The van der Waals surface area contributed by atoms with Gasteiger partial charge in [-0.3, -0.25) is 0 Å². The van der Waals surface area contributed by atoms with Crippen molar-refractivity contribution in [3.8, 4) is 5.75 Å². The molecule has 1 aliphatic carbocycles. The molecule has 4 rings (SSSR count). The standard InChI is InChI=1S/C25H27NO3/c1-17(23-8-4-6-19-5-2-3-7-24(19)23)26-21-12-9-20(15-21)18-10-13-22(14-11-18)29-16-25(27)28/h2-8,10-11,13-14,17,20-21,26H,9,12,15-16H2,1H3,(H,27,28)/t17-,20+,21+/m1/s1. The van der Waals surface area contributed by atoms with Gasteiger partial charge in [-0.05, 0) is 66.1 Å². The predicted octanol–water partition coefficient (Wildman–Crippen LogP) is 5.29. The number of ether oxygens (including phenoxy) is 1. The van der Waals surface area contributed by atoms with Gasteiger partial charge in [0.05, 0.1) is 0 Å². The number of nitrogens with one attached hydrogen (secondary N) is 1. The highest BCUT2D eigenvalue weighted by atomic mass is 16.5. The smallest absolute Gasteiger partial charge is 0.341 e. The Morgan fingerprint density at radius 2 is 1.83 bits per heavy atom. The van der Waals surface area contributed by atoms with Crippen LogP contribution < -0.4 is 10.1 Å². The summed E-state index contributed by atoms with van der Waals surface area (Å²) in [5, 5.41) is 15.2. The van der Waals surface area contributed by atoms with E-state index in [0.29, 0.717) is 23.8 Å². The molecule has 0 saturated heterocycles. The first kappa shape index (κ1) is 19.5. The number of hydrogen-bond donors (Lipinski definition) is 2. The number of fused-ring (bicyclic) bond motifs is 1. The fourth-order valence-electron chi connectivity index (χ4n) is 4.49. The molecule has 0 aromatic heterocycles. The number of rotatable bonds is 7. The number of hydrogen-bond acceptors (Lipinski definition) is 3. The molecule has 1 aliphatic rings. The topological polar surface area (TPSA) is 58.6 Å². The number of carboxylic acids is 1. The van der Waals surface area contributed by atoms with Crippen molar-refractivity contribution in [2.75, 3.05) is 6.61 Å². The molecule has 0 aliphatic heterocycles. The number of carboxylic acid groups (broad SMARTS) is 1. The average Bonchev–Trinajstić information content (AvgIpc) is 3.20. The fourth-order valence-corrected chi connectivity index (χ4v) is 4.49. The number of benzene rings is 3. The van der Waals surface area contributed by atoms with Gasteiger partial charge in [-0.25, -0.2) is 4.79 Å². The van der Waals surface area contributed by atoms with Crippen LogP contribution in [0.1, 0.15) is 49.3 Å². The van der Waals surface area contributed by atoms with E-state index in [9.17, 15) is 4.79 Å². The lowest BCUT2D eigenvalue weighted by atomic mass is 9.96. The van der Waals surface area contributed by atoms with Crippen LogP contribution in [0.3, 0.4) is 0 Å². The predicted molar refractivity (Wildman–Crippen MR) is 115 cm³/mol. The molecule has 0 bridgehead atoms. The lowest BCUT2D eigenvalue weighted by Crippen LogP contribution is -2.29. The van der Waals surface area contributed by atoms with Crippen LogP contribution in [0.4, 0.5) is 0 Å². The first-order valence-electron chi connectivity index (χ1n) is 10.3. The molecule has 4 nitrogen and oxygen atoms in total. The first-order chi connectivity index (χ1) is 14.1. The van der Waals surface area contributed by atoms with Crippen LogP contribution in [0, 0.1) is 0 Å². The van der Waals surface area contributed by atoms with Crippen molar-refractivity contribution in [2.24, 2.45) is 0 Å². The third-order valence-electron chi connectivity index (χ3n) is 5.92. The summed E-state index contributed by atoms with van der Waals surface area (Å²) in [6.07, 6.45) is 3.44. The number of aliphatic carboxylic acids is 1. The van der Waals surface area contributed by atoms with Crippen LogP contribution in [-0.2, 0) is 4.79 Å². The second-order valence-corrected chi connectivity index (χ2v) is 7.92. The van der Waals surface area contributed by atoms with E-state index in [-0.39, 0.29) is 6.61 Å². The maximum atomic E-state index is 10.6. The van der Waals surface area contributed by atoms with Crippen molar-refractivity contribution in [2.45, 2.75) is 44.2 Å². The van der Waals surface area contributed by atoms with Gasteiger partial charge in [-0.1, -0.05) is 54.6 Å². The van der Waals surface area contributed by atoms with E-state index < -0.39 is 5.97 Å².